The van der Waals surface area contributed by atoms with Crippen LogP contribution in [-0.4, -0.2) is 11.1 Å². The standard InChI is InChI=1S/C23H38O2/c1-21-17-19-22(20-18-21)15-13-11-9-7-5-3-2-4-6-8-10-12-14-16-23(24)25/h17-20H,2-16H2,1H3,(H,24,25). The highest BCUT2D eigenvalue weighted by Gasteiger charge is 1.97. The van der Waals surface area contributed by atoms with E-state index < -0.39 is 5.97 Å². The maximum atomic E-state index is 10.4. The van der Waals surface area contributed by atoms with Gasteiger partial charge in [0.2, 0.25) is 0 Å². The Morgan fingerprint density at radius 3 is 1.52 bits per heavy atom. The Bertz CT molecular complexity index is 436. The molecule has 1 aromatic carbocycles. The smallest absolute Gasteiger partial charge is 0.303 e. The molecule has 142 valence electrons. The lowest BCUT2D eigenvalue weighted by Crippen LogP contribution is -1.93. The Morgan fingerprint density at radius 2 is 1.08 bits per heavy atom. The molecule has 0 aliphatic heterocycles. The highest BCUT2D eigenvalue weighted by Crippen LogP contribution is 2.14. The Balaban J connectivity index is 1.76. The van der Waals surface area contributed by atoms with Crippen molar-refractivity contribution < 1.29 is 9.90 Å². The molecule has 25 heavy (non-hydrogen) atoms. The molecule has 0 saturated heterocycles. The predicted octanol–water partition coefficient (Wildman–Crippen LogP) is 7.08. The van der Waals surface area contributed by atoms with Gasteiger partial charge < -0.3 is 5.11 Å². The van der Waals surface area contributed by atoms with Gasteiger partial charge in [-0.15, -0.1) is 0 Å². The summed E-state index contributed by atoms with van der Waals surface area (Å²) in [5, 5.41) is 8.57. The molecule has 1 N–H and O–H groups in total. The molecular formula is C23H38O2. The summed E-state index contributed by atoms with van der Waals surface area (Å²) >= 11 is 0. The van der Waals surface area contributed by atoms with Gasteiger partial charge in [0.25, 0.3) is 0 Å². The van der Waals surface area contributed by atoms with Crippen LogP contribution >= 0.6 is 0 Å². The molecule has 0 heterocycles. The van der Waals surface area contributed by atoms with Crippen molar-refractivity contribution in [3.63, 3.8) is 0 Å². The molecule has 0 unspecified atom stereocenters. The van der Waals surface area contributed by atoms with Crippen molar-refractivity contribution in [2.24, 2.45) is 0 Å². The molecular weight excluding hydrogens is 308 g/mol. The first-order valence-corrected chi connectivity index (χ1v) is 10.5. The zero-order valence-corrected chi connectivity index (χ0v) is 16.3. The summed E-state index contributed by atoms with van der Waals surface area (Å²) in [7, 11) is 0. The van der Waals surface area contributed by atoms with E-state index in [4.69, 9.17) is 5.11 Å². The van der Waals surface area contributed by atoms with Crippen LogP contribution < -0.4 is 0 Å². The second-order valence-electron chi connectivity index (χ2n) is 7.48. The summed E-state index contributed by atoms with van der Waals surface area (Å²) in [5.74, 6) is -0.657. The van der Waals surface area contributed by atoms with Crippen molar-refractivity contribution in [3.05, 3.63) is 35.4 Å². The van der Waals surface area contributed by atoms with Crippen LogP contribution in [0.15, 0.2) is 24.3 Å². The molecule has 2 nitrogen and oxygen atoms in total. The van der Waals surface area contributed by atoms with Crippen molar-refractivity contribution in [1.29, 1.82) is 0 Å². The first-order chi connectivity index (χ1) is 12.2. The van der Waals surface area contributed by atoms with Gasteiger partial charge in [-0.05, 0) is 31.7 Å². The van der Waals surface area contributed by atoms with Crippen molar-refractivity contribution in [2.45, 2.75) is 103 Å². The largest absolute Gasteiger partial charge is 0.481 e. The average molecular weight is 347 g/mol. The first kappa shape index (κ1) is 21.7. The molecule has 0 aliphatic rings. The monoisotopic (exact) mass is 346 g/mol. The summed E-state index contributed by atoms with van der Waals surface area (Å²) < 4.78 is 0. The van der Waals surface area contributed by atoms with Crippen LogP contribution in [0.3, 0.4) is 0 Å². The SMILES string of the molecule is Cc1ccc(CCCCCCCCCCCCCCCC(=O)O)cc1. The average Bonchev–Trinajstić information content (AvgIpc) is 2.59. The number of hydrogen-bond acceptors (Lipinski definition) is 1. The lowest BCUT2D eigenvalue weighted by Gasteiger charge is -2.04. The van der Waals surface area contributed by atoms with Crippen LogP contribution in [0.25, 0.3) is 0 Å². The van der Waals surface area contributed by atoms with Crippen molar-refractivity contribution in [2.75, 3.05) is 0 Å². The van der Waals surface area contributed by atoms with Crippen LogP contribution in [0.1, 0.15) is 101 Å². The maximum Gasteiger partial charge on any atom is 0.303 e. The van der Waals surface area contributed by atoms with Gasteiger partial charge in [0.15, 0.2) is 0 Å². The molecule has 0 bridgehead atoms. The molecule has 1 aromatic rings. The van der Waals surface area contributed by atoms with Gasteiger partial charge in [-0.25, -0.2) is 0 Å². The summed E-state index contributed by atoms with van der Waals surface area (Å²) in [5.41, 5.74) is 2.83. The fraction of sp³-hybridized carbons (Fsp3) is 0.696. The molecule has 0 amide bonds. The summed E-state index contributed by atoms with van der Waals surface area (Å²) in [6.07, 6.45) is 18.3. The van der Waals surface area contributed by atoms with Gasteiger partial charge in [-0.1, -0.05) is 100 Å². The van der Waals surface area contributed by atoms with Crippen molar-refractivity contribution in [1.82, 2.24) is 0 Å². The van der Waals surface area contributed by atoms with Gasteiger partial charge in [0.1, 0.15) is 0 Å². The normalized spacial score (nSPS) is 10.9. The minimum absolute atomic E-state index is 0.338. The van der Waals surface area contributed by atoms with Gasteiger partial charge in [-0.3, -0.25) is 4.79 Å². The zero-order valence-electron chi connectivity index (χ0n) is 16.3. The zero-order chi connectivity index (χ0) is 18.2. The molecule has 0 saturated carbocycles. The van der Waals surface area contributed by atoms with Gasteiger partial charge in [0.05, 0.1) is 0 Å². The number of carboxylic acids is 1. The second kappa shape index (κ2) is 15.0. The first-order valence-electron chi connectivity index (χ1n) is 10.5. The van der Waals surface area contributed by atoms with Crippen LogP contribution in [0.2, 0.25) is 0 Å². The fourth-order valence-corrected chi connectivity index (χ4v) is 3.30. The molecule has 0 spiro atoms. The van der Waals surface area contributed by atoms with E-state index in [9.17, 15) is 4.79 Å². The van der Waals surface area contributed by atoms with E-state index in [-0.39, 0.29) is 0 Å². The number of unbranched alkanes of at least 4 members (excludes halogenated alkanes) is 12. The topological polar surface area (TPSA) is 37.3 Å². The predicted molar refractivity (Wildman–Crippen MR) is 107 cm³/mol. The molecule has 2 heteroatoms. The second-order valence-corrected chi connectivity index (χ2v) is 7.48. The number of carboxylic acid groups (broad SMARTS) is 1. The van der Waals surface area contributed by atoms with Crippen LogP contribution in [0.5, 0.6) is 0 Å². The van der Waals surface area contributed by atoms with E-state index in [0.29, 0.717) is 6.42 Å². The third-order valence-electron chi connectivity index (χ3n) is 4.98. The van der Waals surface area contributed by atoms with Crippen molar-refractivity contribution >= 4 is 5.97 Å². The van der Waals surface area contributed by atoms with E-state index in [1.54, 1.807) is 0 Å². The number of hydrogen-bond donors (Lipinski definition) is 1. The number of benzene rings is 1. The molecule has 0 aliphatic carbocycles. The third kappa shape index (κ3) is 13.6. The highest BCUT2D eigenvalue weighted by molar-refractivity contribution is 5.66. The molecule has 0 atom stereocenters. The van der Waals surface area contributed by atoms with E-state index in [0.717, 1.165) is 12.8 Å². The quantitative estimate of drug-likeness (QED) is 0.325. The van der Waals surface area contributed by atoms with Crippen LogP contribution in [-0.2, 0) is 11.2 Å². The Morgan fingerprint density at radius 1 is 0.680 bits per heavy atom. The number of aliphatic carboxylic acids is 1. The summed E-state index contributed by atoms with van der Waals surface area (Å²) in [6, 6.07) is 8.96. The lowest BCUT2D eigenvalue weighted by atomic mass is 10.0. The van der Waals surface area contributed by atoms with E-state index >= 15 is 0 Å². The number of rotatable bonds is 16. The van der Waals surface area contributed by atoms with Gasteiger partial charge in [-0.2, -0.15) is 0 Å². The Labute approximate surface area is 155 Å². The van der Waals surface area contributed by atoms with E-state index in [1.807, 2.05) is 0 Å². The number of carbonyl (C=O) groups is 1. The summed E-state index contributed by atoms with van der Waals surface area (Å²) in [6.45, 7) is 2.15. The van der Waals surface area contributed by atoms with E-state index in [2.05, 4.69) is 31.2 Å². The third-order valence-corrected chi connectivity index (χ3v) is 4.98. The molecule has 0 aromatic heterocycles. The Kier molecular flexibility index (Phi) is 13.0. The maximum absolute atomic E-state index is 10.4. The Hall–Kier alpha value is -1.31. The highest BCUT2D eigenvalue weighted by atomic mass is 16.4. The number of aryl methyl sites for hydroxylation is 2. The van der Waals surface area contributed by atoms with Gasteiger partial charge in [0, 0.05) is 6.42 Å². The minimum Gasteiger partial charge on any atom is -0.481 e. The summed E-state index contributed by atoms with van der Waals surface area (Å²) in [4.78, 5) is 10.4. The minimum atomic E-state index is -0.657. The van der Waals surface area contributed by atoms with Gasteiger partial charge >= 0.3 is 5.97 Å². The fourth-order valence-electron chi connectivity index (χ4n) is 3.30. The van der Waals surface area contributed by atoms with Crippen LogP contribution in [0, 0.1) is 6.92 Å². The molecule has 0 radical (unpaired) electrons. The molecule has 1 rings (SSSR count). The van der Waals surface area contributed by atoms with Crippen LogP contribution in [0.4, 0.5) is 0 Å². The lowest BCUT2D eigenvalue weighted by molar-refractivity contribution is -0.137. The molecule has 0 fully saturated rings. The van der Waals surface area contributed by atoms with E-state index in [1.165, 1.54) is 88.2 Å². The van der Waals surface area contributed by atoms with Crippen molar-refractivity contribution in [3.8, 4) is 0 Å².